The summed E-state index contributed by atoms with van der Waals surface area (Å²) in [5, 5.41) is 10.6. The largest absolute Gasteiger partial charge is 0.272 e. The van der Waals surface area contributed by atoms with E-state index < -0.39 is 0 Å². The topological polar surface area (TPSA) is 43.1 Å². The van der Waals surface area contributed by atoms with Gasteiger partial charge in [0.1, 0.15) is 0 Å². The van der Waals surface area contributed by atoms with Crippen molar-refractivity contribution in [3.05, 3.63) is 39.9 Å². The van der Waals surface area contributed by atoms with Gasteiger partial charge in [-0.1, -0.05) is 32.0 Å². The van der Waals surface area contributed by atoms with E-state index in [1.807, 2.05) is 26.0 Å². The Hall–Kier alpha value is -1.38. The van der Waals surface area contributed by atoms with Crippen molar-refractivity contribution in [3.8, 4) is 0 Å². The molecule has 0 saturated heterocycles. The monoisotopic (exact) mass is 179 g/mol. The van der Waals surface area contributed by atoms with Gasteiger partial charge in [-0.05, 0) is 12.3 Å². The van der Waals surface area contributed by atoms with Crippen LogP contribution in [0.2, 0.25) is 0 Å². The first-order chi connectivity index (χ1) is 6.16. The van der Waals surface area contributed by atoms with E-state index in [0.717, 1.165) is 12.0 Å². The first-order valence-electron chi connectivity index (χ1n) is 4.40. The minimum Gasteiger partial charge on any atom is -0.258 e. The molecule has 0 N–H and O–H groups in total. The Bertz CT molecular complexity index is 310. The third-order valence-corrected chi connectivity index (χ3v) is 2.28. The summed E-state index contributed by atoms with van der Waals surface area (Å²) >= 11 is 0. The van der Waals surface area contributed by atoms with Gasteiger partial charge in [0.05, 0.1) is 4.92 Å². The van der Waals surface area contributed by atoms with Crippen molar-refractivity contribution in [3.63, 3.8) is 0 Å². The summed E-state index contributed by atoms with van der Waals surface area (Å²) in [4.78, 5) is 10.3. The van der Waals surface area contributed by atoms with Crippen molar-refractivity contribution < 1.29 is 4.92 Å². The van der Waals surface area contributed by atoms with E-state index in [4.69, 9.17) is 0 Å². The van der Waals surface area contributed by atoms with Crippen molar-refractivity contribution in [2.45, 2.75) is 26.2 Å². The lowest BCUT2D eigenvalue weighted by molar-refractivity contribution is -0.385. The molecule has 0 heterocycles. The van der Waals surface area contributed by atoms with Gasteiger partial charge < -0.3 is 0 Å². The van der Waals surface area contributed by atoms with Crippen LogP contribution in [0.15, 0.2) is 24.3 Å². The van der Waals surface area contributed by atoms with E-state index in [-0.39, 0.29) is 16.5 Å². The van der Waals surface area contributed by atoms with Crippen molar-refractivity contribution in [2.24, 2.45) is 0 Å². The van der Waals surface area contributed by atoms with Crippen molar-refractivity contribution >= 4 is 5.69 Å². The summed E-state index contributed by atoms with van der Waals surface area (Å²) < 4.78 is 0. The third-order valence-electron chi connectivity index (χ3n) is 2.28. The predicted octanol–water partition coefficient (Wildman–Crippen LogP) is 3.11. The Balaban J connectivity index is 3.11. The average Bonchev–Trinajstić information content (AvgIpc) is 2.16. The van der Waals surface area contributed by atoms with Gasteiger partial charge in [0, 0.05) is 11.6 Å². The molecular weight excluding hydrogens is 166 g/mol. The molecule has 13 heavy (non-hydrogen) atoms. The molecule has 0 aliphatic rings. The highest BCUT2D eigenvalue weighted by atomic mass is 16.6. The molecule has 0 aliphatic carbocycles. The fourth-order valence-corrected chi connectivity index (χ4v) is 1.29. The van der Waals surface area contributed by atoms with Gasteiger partial charge >= 0.3 is 0 Å². The summed E-state index contributed by atoms with van der Waals surface area (Å²) in [5.41, 5.74) is 1.06. The summed E-state index contributed by atoms with van der Waals surface area (Å²) in [6, 6.07) is 6.92. The molecule has 1 atom stereocenters. The van der Waals surface area contributed by atoms with E-state index >= 15 is 0 Å². The van der Waals surface area contributed by atoms with Gasteiger partial charge in [0.2, 0.25) is 0 Å². The quantitative estimate of drug-likeness (QED) is 0.528. The highest BCUT2D eigenvalue weighted by Crippen LogP contribution is 2.27. The molecule has 1 rings (SSSR count). The Kier molecular flexibility index (Phi) is 3.01. The van der Waals surface area contributed by atoms with Crippen LogP contribution in [0.25, 0.3) is 0 Å². The molecule has 1 aromatic carbocycles. The van der Waals surface area contributed by atoms with Crippen LogP contribution in [-0.4, -0.2) is 4.92 Å². The maximum Gasteiger partial charge on any atom is 0.272 e. The second kappa shape index (κ2) is 4.03. The molecule has 0 saturated carbocycles. The van der Waals surface area contributed by atoms with E-state index in [0.29, 0.717) is 0 Å². The highest BCUT2D eigenvalue weighted by Gasteiger charge is 2.15. The Labute approximate surface area is 77.5 Å². The van der Waals surface area contributed by atoms with Crippen molar-refractivity contribution in [2.75, 3.05) is 0 Å². The Morgan fingerprint density at radius 3 is 2.62 bits per heavy atom. The zero-order valence-electron chi connectivity index (χ0n) is 7.86. The minimum absolute atomic E-state index is 0.233. The smallest absolute Gasteiger partial charge is 0.258 e. The maximum atomic E-state index is 10.6. The number of hydrogen-bond donors (Lipinski definition) is 0. The van der Waals surface area contributed by atoms with E-state index in [2.05, 4.69) is 0 Å². The first kappa shape index (κ1) is 9.71. The molecule has 0 aromatic heterocycles. The molecular formula is C10H13NO2. The normalized spacial score (nSPS) is 12.5. The van der Waals surface area contributed by atoms with Crippen molar-refractivity contribution in [1.82, 2.24) is 0 Å². The highest BCUT2D eigenvalue weighted by molar-refractivity contribution is 5.41. The number of nitro groups is 1. The number of rotatable bonds is 3. The first-order valence-corrected chi connectivity index (χ1v) is 4.40. The molecule has 0 fully saturated rings. The summed E-state index contributed by atoms with van der Waals surface area (Å²) in [6.45, 7) is 4.03. The van der Waals surface area contributed by atoms with Gasteiger partial charge in [0.15, 0.2) is 0 Å². The number of benzene rings is 1. The van der Waals surface area contributed by atoms with E-state index in [1.165, 1.54) is 0 Å². The molecule has 3 heteroatoms. The number of nitro benzene ring substituents is 1. The number of para-hydroxylation sites is 1. The molecule has 1 aromatic rings. The van der Waals surface area contributed by atoms with Gasteiger partial charge in [-0.3, -0.25) is 10.1 Å². The fourth-order valence-electron chi connectivity index (χ4n) is 1.29. The average molecular weight is 179 g/mol. The molecule has 0 unspecified atom stereocenters. The molecule has 0 bridgehead atoms. The maximum absolute atomic E-state index is 10.6. The predicted molar refractivity (Wildman–Crippen MR) is 51.8 cm³/mol. The summed E-state index contributed by atoms with van der Waals surface area (Å²) in [5.74, 6) is 0.251. The zero-order chi connectivity index (χ0) is 9.84. The van der Waals surface area contributed by atoms with Crippen LogP contribution in [-0.2, 0) is 0 Å². The van der Waals surface area contributed by atoms with Gasteiger partial charge in [0.25, 0.3) is 5.69 Å². The second-order valence-corrected chi connectivity index (χ2v) is 3.13. The standard InChI is InChI=1S/C10H13NO2/c1-3-8(2)9-6-4-5-7-10(9)11(12)13/h4-8H,3H2,1-2H3/t8-/m1/s1. The molecule has 0 aliphatic heterocycles. The van der Waals surface area contributed by atoms with Crippen LogP contribution < -0.4 is 0 Å². The summed E-state index contributed by atoms with van der Waals surface area (Å²) in [7, 11) is 0. The van der Waals surface area contributed by atoms with Gasteiger partial charge in [-0.25, -0.2) is 0 Å². The third kappa shape index (κ3) is 2.05. The van der Waals surface area contributed by atoms with E-state index in [9.17, 15) is 10.1 Å². The van der Waals surface area contributed by atoms with Gasteiger partial charge in [-0.15, -0.1) is 0 Å². The zero-order valence-corrected chi connectivity index (χ0v) is 7.86. The molecule has 0 radical (unpaired) electrons. The second-order valence-electron chi connectivity index (χ2n) is 3.13. The van der Waals surface area contributed by atoms with Crippen molar-refractivity contribution in [1.29, 1.82) is 0 Å². The van der Waals surface area contributed by atoms with Crippen LogP contribution in [0.1, 0.15) is 31.7 Å². The Morgan fingerprint density at radius 1 is 1.46 bits per heavy atom. The SMILES string of the molecule is CC[C@@H](C)c1ccccc1[N+](=O)[O-]. The Morgan fingerprint density at radius 2 is 2.08 bits per heavy atom. The number of nitrogens with zero attached hydrogens (tertiary/aromatic N) is 1. The fraction of sp³-hybridized carbons (Fsp3) is 0.400. The summed E-state index contributed by atoms with van der Waals surface area (Å²) in [6.07, 6.45) is 0.921. The molecule has 70 valence electrons. The molecule has 0 spiro atoms. The van der Waals surface area contributed by atoms with Crippen LogP contribution in [0.5, 0.6) is 0 Å². The lowest BCUT2D eigenvalue weighted by atomic mass is 9.97. The molecule has 3 nitrogen and oxygen atoms in total. The lowest BCUT2D eigenvalue weighted by Crippen LogP contribution is -1.98. The lowest BCUT2D eigenvalue weighted by Gasteiger charge is -2.08. The van der Waals surface area contributed by atoms with Gasteiger partial charge in [-0.2, -0.15) is 0 Å². The van der Waals surface area contributed by atoms with E-state index in [1.54, 1.807) is 12.1 Å². The van der Waals surface area contributed by atoms with Crippen LogP contribution >= 0.6 is 0 Å². The number of hydrogen-bond acceptors (Lipinski definition) is 2. The minimum atomic E-state index is -0.318. The van der Waals surface area contributed by atoms with Crippen LogP contribution in [0, 0.1) is 10.1 Å². The molecule has 0 amide bonds. The van der Waals surface area contributed by atoms with Crippen LogP contribution in [0.4, 0.5) is 5.69 Å². The van der Waals surface area contributed by atoms with Crippen LogP contribution in [0.3, 0.4) is 0 Å².